The molecule has 0 radical (unpaired) electrons. The Hall–Kier alpha value is 0.270. The third-order valence-electron chi connectivity index (χ3n) is 2.13. The van der Waals surface area contributed by atoms with Gasteiger partial charge in [-0.25, -0.2) is 0 Å². The van der Waals surface area contributed by atoms with Crippen molar-refractivity contribution in [2.45, 2.75) is 33.6 Å². The minimum atomic E-state index is 0.600. The summed E-state index contributed by atoms with van der Waals surface area (Å²) >= 11 is 4.31. The van der Waals surface area contributed by atoms with Crippen LogP contribution >= 0.6 is 12.6 Å². The van der Waals surface area contributed by atoms with Crippen LogP contribution in [0.15, 0.2) is 0 Å². The molecule has 2 nitrogen and oxygen atoms in total. The number of hydrogen-bond acceptors (Lipinski definition) is 3. The van der Waals surface area contributed by atoms with Gasteiger partial charge in [-0.1, -0.05) is 27.2 Å². The van der Waals surface area contributed by atoms with E-state index in [-0.39, 0.29) is 0 Å². The second kappa shape index (κ2) is 10.8. The molecule has 0 aromatic heterocycles. The van der Waals surface area contributed by atoms with E-state index < -0.39 is 0 Å². The average molecular weight is 234 g/mol. The van der Waals surface area contributed by atoms with E-state index in [2.05, 4.69) is 33.4 Å². The minimum Gasteiger partial charge on any atom is -0.379 e. The molecule has 0 aromatic carbocycles. The summed E-state index contributed by atoms with van der Waals surface area (Å²) in [5, 5.41) is 0. The Morgan fingerprint density at radius 2 is 1.67 bits per heavy atom. The Labute approximate surface area is 100 Å². The molecule has 0 fully saturated rings. The van der Waals surface area contributed by atoms with E-state index in [0.717, 1.165) is 19.0 Å². The topological polar surface area (TPSA) is 18.5 Å². The molecule has 3 heteroatoms. The largest absolute Gasteiger partial charge is 0.379 e. The van der Waals surface area contributed by atoms with Gasteiger partial charge in [0.25, 0.3) is 0 Å². The zero-order valence-corrected chi connectivity index (χ0v) is 11.3. The predicted octanol–water partition coefficient (Wildman–Crippen LogP) is 3.02. The summed E-state index contributed by atoms with van der Waals surface area (Å²) in [7, 11) is 0. The quantitative estimate of drug-likeness (QED) is 0.463. The zero-order chi connectivity index (χ0) is 11.5. The van der Waals surface area contributed by atoms with E-state index >= 15 is 0 Å². The first kappa shape index (κ1) is 15.3. The fraction of sp³-hybridized carbons (Fsp3) is 1.00. The maximum atomic E-state index is 5.55. The maximum absolute atomic E-state index is 5.55. The van der Waals surface area contributed by atoms with Crippen molar-refractivity contribution in [3.8, 4) is 0 Å². The second-order valence-electron chi connectivity index (χ2n) is 4.38. The Bertz CT molecular complexity index is 129. The molecule has 0 saturated heterocycles. The molecule has 0 N–H and O–H groups in total. The summed E-state index contributed by atoms with van der Waals surface area (Å²) in [4.78, 5) is 0. The zero-order valence-electron chi connectivity index (χ0n) is 10.4. The summed E-state index contributed by atoms with van der Waals surface area (Å²) in [5.74, 6) is 2.12. The van der Waals surface area contributed by atoms with Crippen LogP contribution in [-0.2, 0) is 9.47 Å². The molecule has 0 spiro atoms. The molecule has 0 rings (SSSR count). The summed E-state index contributed by atoms with van der Waals surface area (Å²) < 4.78 is 11.0. The fourth-order valence-electron chi connectivity index (χ4n) is 1.32. The smallest absolute Gasteiger partial charge is 0.0700 e. The SMILES string of the molecule is CCCC(CS)COCCOCC(C)C. The molecule has 1 atom stereocenters. The van der Waals surface area contributed by atoms with Gasteiger partial charge in [-0.15, -0.1) is 0 Å². The molecule has 0 aliphatic heterocycles. The number of thiol groups is 1. The molecule has 92 valence electrons. The van der Waals surface area contributed by atoms with Crippen molar-refractivity contribution in [1.29, 1.82) is 0 Å². The normalized spacial score (nSPS) is 13.4. The number of rotatable bonds is 10. The second-order valence-corrected chi connectivity index (χ2v) is 4.75. The first-order valence-corrected chi connectivity index (χ1v) is 6.60. The lowest BCUT2D eigenvalue weighted by Crippen LogP contribution is -2.15. The van der Waals surface area contributed by atoms with Gasteiger partial charge in [0.1, 0.15) is 0 Å². The van der Waals surface area contributed by atoms with E-state index in [1.165, 1.54) is 12.8 Å². The average Bonchev–Trinajstić information content (AvgIpc) is 2.21. The van der Waals surface area contributed by atoms with Gasteiger partial charge in [-0.2, -0.15) is 12.6 Å². The molecule has 1 unspecified atom stereocenters. The molecule has 0 amide bonds. The molecule has 0 aromatic rings. The predicted molar refractivity (Wildman–Crippen MR) is 68.7 cm³/mol. The molecule has 0 heterocycles. The van der Waals surface area contributed by atoms with Crippen LogP contribution in [0.5, 0.6) is 0 Å². The van der Waals surface area contributed by atoms with Gasteiger partial charge in [0.15, 0.2) is 0 Å². The van der Waals surface area contributed by atoms with Gasteiger partial charge in [0, 0.05) is 6.61 Å². The van der Waals surface area contributed by atoms with Gasteiger partial charge < -0.3 is 9.47 Å². The van der Waals surface area contributed by atoms with Crippen LogP contribution in [0.3, 0.4) is 0 Å². The van der Waals surface area contributed by atoms with E-state index in [4.69, 9.17) is 9.47 Å². The Morgan fingerprint density at radius 1 is 1.07 bits per heavy atom. The lowest BCUT2D eigenvalue weighted by Gasteiger charge is -2.13. The van der Waals surface area contributed by atoms with Crippen LogP contribution < -0.4 is 0 Å². The van der Waals surface area contributed by atoms with Crippen LogP contribution in [0, 0.1) is 11.8 Å². The van der Waals surface area contributed by atoms with E-state index in [0.29, 0.717) is 25.0 Å². The molecular weight excluding hydrogens is 208 g/mol. The molecule has 0 aliphatic carbocycles. The van der Waals surface area contributed by atoms with E-state index in [1.807, 2.05) is 0 Å². The highest BCUT2D eigenvalue weighted by molar-refractivity contribution is 7.80. The molecule has 0 bridgehead atoms. The van der Waals surface area contributed by atoms with Crippen molar-refractivity contribution in [2.24, 2.45) is 11.8 Å². The monoisotopic (exact) mass is 234 g/mol. The summed E-state index contributed by atoms with van der Waals surface area (Å²) in [6.45, 7) is 9.57. The molecule has 0 aliphatic rings. The van der Waals surface area contributed by atoms with Gasteiger partial charge in [-0.05, 0) is 24.0 Å². The van der Waals surface area contributed by atoms with Crippen molar-refractivity contribution < 1.29 is 9.47 Å². The summed E-state index contributed by atoms with van der Waals surface area (Å²) in [6.07, 6.45) is 2.41. The van der Waals surface area contributed by atoms with Crippen molar-refractivity contribution in [3.63, 3.8) is 0 Å². The molecule has 15 heavy (non-hydrogen) atoms. The third kappa shape index (κ3) is 10.6. The van der Waals surface area contributed by atoms with Crippen LogP contribution in [-0.4, -0.2) is 32.2 Å². The van der Waals surface area contributed by atoms with E-state index in [1.54, 1.807) is 0 Å². The molecule has 0 saturated carbocycles. The highest BCUT2D eigenvalue weighted by Gasteiger charge is 2.05. The maximum Gasteiger partial charge on any atom is 0.0700 e. The van der Waals surface area contributed by atoms with Crippen molar-refractivity contribution in [2.75, 3.05) is 32.2 Å². The fourth-order valence-corrected chi connectivity index (χ4v) is 1.61. The Morgan fingerprint density at radius 3 is 2.13 bits per heavy atom. The lowest BCUT2D eigenvalue weighted by atomic mass is 10.1. The first-order valence-electron chi connectivity index (χ1n) is 5.97. The van der Waals surface area contributed by atoms with Crippen molar-refractivity contribution >= 4 is 12.6 Å². The van der Waals surface area contributed by atoms with Gasteiger partial charge in [0.2, 0.25) is 0 Å². The van der Waals surface area contributed by atoms with Crippen LogP contribution in [0.25, 0.3) is 0 Å². The standard InChI is InChI=1S/C12H26O2S/c1-4-5-12(10-15)9-14-7-6-13-8-11(2)3/h11-12,15H,4-10H2,1-3H3. The van der Waals surface area contributed by atoms with Crippen molar-refractivity contribution in [3.05, 3.63) is 0 Å². The van der Waals surface area contributed by atoms with Crippen molar-refractivity contribution in [1.82, 2.24) is 0 Å². The van der Waals surface area contributed by atoms with Gasteiger partial charge in [0.05, 0.1) is 19.8 Å². The number of ether oxygens (including phenoxy) is 2. The van der Waals surface area contributed by atoms with Gasteiger partial charge in [-0.3, -0.25) is 0 Å². The molecular formula is C12H26O2S. The Balaban J connectivity index is 3.21. The highest BCUT2D eigenvalue weighted by Crippen LogP contribution is 2.08. The van der Waals surface area contributed by atoms with E-state index in [9.17, 15) is 0 Å². The van der Waals surface area contributed by atoms with Crippen LogP contribution in [0.2, 0.25) is 0 Å². The summed E-state index contributed by atoms with van der Waals surface area (Å²) in [6, 6.07) is 0. The minimum absolute atomic E-state index is 0.600. The summed E-state index contributed by atoms with van der Waals surface area (Å²) in [5.41, 5.74) is 0. The first-order chi connectivity index (χ1) is 7.20. The van der Waals surface area contributed by atoms with Crippen LogP contribution in [0.1, 0.15) is 33.6 Å². The van der Waals surface area contributed by atoms with Gasteiger partial charge >= 0.3 is 0 Å². The lowest BCUT2D eigenvalue weighted by molar-refractivity contribution is 0.0270. The van der Waals surface area contributed by atoms with Crippen LogP contribution in [0.4, 0.5) is 0 Å². The Kier molecular flexibility index (Phi) is 11.0. The third-order valence-corrected chi connectivity index (χ3v) is 2.65. The number of hydrogen-bond donors (Lipinski definition) is 1. The highest BCUT2D eigenvalue weighted by atomic mass is 32.1.